The Labute approximate surface area is 210 Å². The van der Waals surface area contributed by atoms with Gasteiger partial charge < -0.3 is 9.17 Å². The number of alkyl halides is 3. The van der Waals surface area contributed by atoms with Crippen LogP contribution in [-0.2, 0) is 10.1 Å². The second kappa shape index (κ2) is 8.75. The summed E-state index contributed by atoms with van der Waals surface area (Å²) in [6.07, 6.45) is 2.97. The van der Waals surface area contributed by atoms with Crippen LogP contribution in [0.1, 0.15) is 0 Å². The number of aromatic amines is 1. The Morgan fingerprint density at radius 3 is 2.46 bits per heavy atom. The molecular weight excluding hydrogens is 535 g/mol. The minimum absolute atomic E-state index is 0.0431. The molecule has 2 heterocycles. The summed E-state index contributed by atoms with van der Waals surface area (Å²) in [5, 5.41) is 1.28. The van der Waals surface area contributed by atoms with Crippen LogP contribution in [0.2, 0.25) is 5.02 Å². The molecule has 0 unspecified atom stereocenters. The molecule has 2 aromatic heterocycles. The van der Waals surface area contributed by atoms with Gasteiger partial charge in [-0.1, -0.05) is 48.0 Å². The summed E-state index contributed by atoms with van der Waals surface area (Å²) in [5.74, 6) is -0.679. The molecule has 0 aliphatic heterocycles. The number of hydrogen-bond acceptors (Lipinski definition) is 6. The van der Waals surface area contributed by atoms with Gasteiger partial charge in [0.2, 0.25) is 0 Å². The molecule has 0 fully saturated rings. The highest BCUT2D eigenvalue weighted by atomic mass is 35.5. The van der Waals surface area contributed by atoms with Gasteiger partial charge in [0.1, 0.15) is 0 Å². The van der Waals surface area contributed by atoms with Gasteiger partial charge >= 0.3 is 21.3 Å². The molecule has 13 heteroatoms. The van der Waals surface area contributed by atoms with Gasteiger partial charge in [-0.2, -0.15) is 21.6 Å². The van der Waals surface area contributed by atoms with Crippen LogP contribution in [0.25, 0.3) is 38.5 Å². The van der Waals surface area contributed by atoms with E-state index in [9.17, 15) is 31.2 Å². The van der Waals surface area contributed by atoms with Crippen LogP contribution in [0.15, 0.2) is 82.6 Å². The van der Waals surface area contributed by atoms with E-state index in [1.165, 1.54) is 36.5 Å². The lowest BCUT2D eigenvalue weighted by Gasteiger charge is -2.15. The first-order chi connectivity index (χ1) is 17.5. The van der Waals surface area contributed by atoms with Gasteiger partial charge in [0.15, 0.2) is 5.75 Å². The fourth-order valence-corrected chi connectivity index (χ4v) is 4.64. The third-order valence-corrected chi connectivity index (χ3v) is 6.81. The molecule has 0 bridgehead atoms. The maximum atomic E-state index is 13.3. The van der Waals surface area contributed by atoms with E-state index >= 15 is 0 Å². The zero-order valence-electron chi connectivity index (χ0n) is 18.3. The summed E-state index contributed by atoms with van der Waals surface area (Å²) < 4.78 is 67.1. The zero-order valence-corrected chi connectivity index (χ0v) is 19.9. The first-order valence-electron chi connectivity index (χ1n) is 10.4. The monoisotopic (exact) mass is 547 g/mol. The molecular formula is C24H13ClF3N3O5S. The number of halogens is 4. The first kappa shape index (κ1) is 24.5. The molecule has 5 rings (SSSR count). The molecule has 5 aromatic rings. The summed E-state index contributed by atoms with van der Waals surface area (Å²) in [7, 11) is -5.98. The molecule has 0 spiro atoms. The number of hydrogen-bond donors (Lipinski definition) is 1. The molecule has 37 heavy (non-hydrogen) atoms. The smallest absolute Gasteiger partial charge is 0.375 e. The van der Waals surface area contributed by atoms with Crippen LogP contribution in [0.5, 0.6) is 5.75 Å². The van der Waals surface area contributed by atoms with Crippen molar-refractivity contribution in [3.63, 3.8) is 0 Å². The highest BCUT2D eigenvalue weighted by Gasteiger charge is 2.49. The lowest BCUT2D eigenvalue weighted by Crippen LogP contribution is -2.33. The third kappa shape index (κ3) is 4.23. The average molecular weight is 548 g/mol. The average Bonchev–Trinajstić information content (AvgIpc) is 2.83. The molecule has 8 nitrogen and oxygen atoms in total. The van der Waals surface area contributed by atoms with E-state index in [1.54, 1.807) is 30.5 Å². The molecule has 1 N–H and O–H groups in total. The predicted octanol–water partition coefficient (Wildman–Crippen LogP) is 4.78. The van der Waals surface area contributed by atoms with Crippen molar-refractivity contribution in [3.05, 3.63) is 98.9 Å². The predicted molar refractivity (Wildman–Crippen MR) is 132 cm³/mol. The molecule has 0 aliphatic rings. The number of H-pyrrole nitrogens is 1. The number of aromatic nitrogens is 3. The van der Waals surface area contributed by atoms with Gasteiger partial charge in [0, 0.05) is 22.5 Å². The Balaban J connectivity index is 1.69. The van der Waals surface area contributed by atoms with E-state index < -0.39 is 32.6 Å². The topological polar surface area (TPSA) is 111 Å². The van der Waals surface area contributed by atoms with Gasteiger partial charge in [-0.15, -0.1) is 0 Å². The van der Waals surface area contributed by atoms with Crippen LogP contribution in [0.3, 0.4) is 0 Å². The van der Waals surface area contributed by atoms with Crippen molar-refractivity contribution in [2.75, 3.05) is 0 Å². The summed E-state index contributed by atoms with van der Waals surface area (Å²) in [6.45, 7) is 0. The summed E-state index contributed by atoms with van der Waals surface area (Å²) in [4.78, 5) is 33.0. The molecule has 0 aliphatic carbocycles. The van der Waals surface area contributed by atoms with Crippen molar-refractivity contribution in [2.45, 2.75) is 5.51 Å². The van der Waals surface area contributed by atoms with Gasteiger partial charge in [-0.25, -0.2) is 9.36 Å². The Morgan fingerprint density at radius 2 is 1.70 bits per heavy atom. The second-order valence-corrected chi connectivity index (χ2v) is 9.75. The maximum Gasteiger partial charge on any atom is 0.534 e. The highest BCUT2D eigenvalue weighted by Crippen LogP contribution is 2.39. The zero-order chi connectivity index (χ0) is 26.5. The minimum Gasteiger partial charge on any atom is -0.375 e. The number of benzene rings is 3. The Bertz CT molecular complexity index is 1930. The van der Waals surface area contributed by atoms with Crippen LogP contribution in [-0.4, -0.2) is 28.5 Å². The van der Waals surface area contributed by atoms with Gasteiger partial charge in [0.25, 0.3) is 5.56 Å². The van der Waals surface area contributed by atoms with E-state index in [-0.39, 0.29) is 32.7 Å². The molecule has 188 valence electrons. The van der Waals surface area contributed by atoms with Crippen molar-refractivity contribution in [1.82, 2.24) is 14.5 Å². The Kier molecular flexibility index (Phi) is 5.80. The van der Waals surface area contributed by atoms with Crippen LogP contribution < -0.4 is 15.4 Å². The van der Waals surface area contributed by atoms with Crippen molar-refractivity contribution in [3.8, 4) is 22.6 Å². The van der Waals surface area contributed by atoms with Crippen molar-refractivity contribution in [1.29, 1.82) is 0 Å². The largest absolute Gasteiger partial charge is 0.534 e. The fraction of sp³-hybridized carbons (Fsp3) is 0.0417. The number of nitrogens with one attached hydrogen (secondary N) is 1. The van der Waals surface area contributed by atoms with Crippen LogP contribution >= 0.6 is 11.6 Å². The first-order valence-corrected chi connectivity index (χ1v) is 12.2. The van der Waals surface area contributed by atoms with E-state index in [4.69, 9.17) is 11.6 Å². The van der Waals surface area contributed by atoms with Crippen LogP contribution in [0, 0.1) is 0 Å². The number of pyridine rings is 1. The minimum atomic E-state index is -5.98. The van der Waals surface area contributed by atoms with Gasteiger partial charge in [0.05, 0.1) is 27.8 Å². The number of nitrogens with zero attached hydrogens (tertiary/aromatic N) is 2. The quantitative estimate of drug-likeness (QED) is 0.256. The maximum absolute atomic E-state index is 13.3. The summed E-state index contributed by atoms with van der Waals surface area (Å²) in [6, 6.07) is 14.6. The molecule has 0 saturated carbocycles. The molecule has 0 radical (unpaired) electrons. The Morgan fingerprint density at radius 1 is 0.946 bits per heavy atom. The lowest BCUT2D eigenvalue weighted by molar-refractivity contribution is -0.0499. The Hall–Kier alpha value is -4.16. The normalized spacial score (nSPS) is 12.2. The van der Waals surface area contributed by atoms with Crippen molar-refractivity contribution < 1.29 is 25.8 Å². The summed E-state index contributed by atoms with van der Waals surface area (Å²) >= 11 is 6.18. The second-order valence-electron chi connectivity index (χ2n) is 7.81. The van der Waals surface area contributed by atoms with E-state index in [2.05, 4.69) is 14.2 Å². The number of fused-ring (bicyclic) bond motifs is 2. The molecule has 0 atom stereocenters. The molecule has 0 amide bonds. The highest BCUT2D eigenvalue weighted by molar-refractivity contribution is 7.88. The molecule has 0 saturated heterocycles. The van der Waals surface area contributed by atoms with Crippen molar-refractivity contribution >= 4 is 43.4 Å². The van der Waals surface area contributed by atoms with E-state index in [0.717, 1.165) is 10.6 Å². The van der Waals surface area contributed by atoms with E-state index in [1.807, 2.05) is 0 Å². The molecule has 3 aromatic carbocycles. The SMILES string of the molecule is O=c1[nH]c2cc(-c3c(Cl)cccc3OS(=O)(=O)C(F)(F)F)ccc2c(=O)n1-c1cncc2ccccc12. The van der Waals surface area contributed by atoms with Gasteiger partial charge in [-0.3, -0.25) is 9.78 Å². The number of rotatable bonds is 4. The fourth-order valence-electron chi connectivity index (χ4n) is 3.89. The lowest BCUT2D eigenvalue weighted by atomic mass is 10.0. The standard InChI is InChI=1S/C24H13ClF3N3O5S/c25-17-6-3-7-20(36-37(34,35)24(26,27)28)21(17)13-8-9-16-18(10-13)30-23(33)31(22(16)32)19-12-29-11-14-4-1-2-5-15(14)19/h1-12H,(H,30,33). The van der Waals surface area contributed by atoms with E-state index in [0.29, 0.717) is 10.8 Å². The third-order valence-electron chi connectivity index (χ3n) is 5.53. The van der Waals surface area contributed by atoms with Crippen LogP contribution in [0.4, 0.5) is 13.2 Å². The van der Waals surface area contributed by atoms with Gasteiger partial charge in [-0.05, 0) is 29.8 Å². The van der Waals surface area contributed by atoms with Crippen molar-refractivity contribution in [2.24, 2.45) is 0 Å². The summed E-state index contributed by atoms with van der Waals surface area (Å²) in [5.41, 5.74) is -6.90.